The van der Waals surface area contributed by atoms with E-state index in [4.69, 9.17) is 0 Å². The first-order valence-electron chi connectivity index (χ1n) is 12.9. The number of benzene rings is 4. The SMILES string of the molecule is CC1=C2c3ccccc3C(c3ccccc3)(c3ccccc3)N2C(C(C)(C)C)N1c1ccccc1C. The fourth-order valence-electron chi connectivity index (χ4n) is 6.56. The molecule has 4 aromatic rings. The lowest BCUT2D eigenvalue weighted by molar-refractivity contribution is 0.116. The molecule has 36 heavy (non-hydrogen) atoms. The Morgan fingerprint density at radius 1 is 0.639 bits per heavy atom. The van der Waals surface area contributed by atoms with Crippen LogP contribution in [0.3, 0.4) is 0 Å². The van der Waals surface area contributed by atoms with Crippen LogP contribution in [-0.4, -0.2) is 11.1 Å². The number of hydrogen-bond acceptors (Lipinski definition) is 2. The van der Waals surface area contributed by atoms with Crippen LogP contribution in [0, 0.1) is 12.3 Å². The van der Waals surface area contributed by atoms with Gasteiger partial charge in [0.05, 0.1) is 5.70 Å². The van der Waals surface area contributed by atoms with Crippen LogP contribution in [0.4, 0.5) is 5.69 Å². The van der Waals surface area contributed by atoms with E-state index in [1.54, 1.807) is 0 Å². The normalized spacial score (nSPS) is 18.4. The Kier molecular flexibility index (Phi) is 5.12. The Morgan fingerprint density at radius 3 is 1.75 bits per heavy atom. The molecule has 0 radical (unpaired) electrons. The average Bonchev–Trinajstić information content (AvgIpc) is 3.36. The first-order chi connectivity index (χ1) is 17.4. The van der Waals surface area contributed by atoms with E-state index in [0.29, 0.717) is 0 Å². The highest BCUT2D eigenvalue weighted by atomic mass is 15.5. The number of para-hydroxylation sites is 1. The molecule has 4 aromatic carbocycles. The second kappa shape index (κ2) is 8.13. The van der Waals surface area contributed by atoms with Crippen molar-refractivity contribution in [3.63, 3.8) is 0 Å². The molecule has 2 aliphatic rings. The molecule has 2 nitrogen and oxygen atoms in total. The molecule has 2 heterocycles. The van der Waals surface area contributed by atoms with Gasteiger partial charge in [-0.2, -0.15) is 0 Å². The van der Waals surface area contributed by atoms with Crippen molar-refractivity contribution in [1.29, 1.82) is 0 Å². The molecule has 0 saturated heterocycles. The molecule has 1 unspecified atom stereocenters. The van der Waals surface area contributed by atoms with Crippen LogP contribution < -0.4 is 4.90 Å². The standard InChI is InChI=1S/C34H34N2/c1-24-16-12-15-23-30(24)35-25(2)31-28-21-13-14-22-29(28)34(26-17-8-6-9-18-26,27-19-10-7-11-20-27)36(31)32(35)33(3,4)5/h6-23,32H,1-5H3. The number of aryl methyl sites for hydroxylation is 1. The number of hydrogen-bond donors (Lipinski definition) is 0. The number of nitrogens with zero attached hydrogens (tertiary/aromatic N) is 2. The molecule has 6 rings (SSSR count). The third kappa shape index (κ3) is 3.03. The van der Waals surface area contributed by atoms with Gasteiger partial charge in [0.2, 0.25) is 0 Å². The van der Waals surface area contributed by atoms with Gasteiger partial charge in [0, 0.05) is 22.4 Å². The van der Waals surface area contributed by atoms with Crippen molar-refractivity contribution >= 4 is 11.4 Å². The van der Waals surface area contributed by atoms with Gasteiger partial charge in [-0.1, -0.05) is 124 Å². The van der Waals surface area contributed by atoms with Crippen LogP contribution in [0.1, 0.15) is 55.5 Å². The molecule has 0 aliphatic carbocycles. The van der Waals surface area contributed by atoms with Crippen LogP contribution in [-0.2, 0) is 5.54 Å². The average molecular weight is 471 g/mol. The first-order valence-corrected chi connectivity index (χ1v) is 12.9. The molecule has 0 N–H and O–H groups in total. The van der Waals surface area contributed by atoms with Crippen molar-refractivity contribution in [3.8, 4) is 0 Å². The Morgan fingerprint density at radius 2 is 1.17 bits per heavy atom. The molecule has 1 atom stereocenters. The largest absolute Gasteiger partial charge is 0.330 e. The van der Waals surface area contributed by atoms with Gasteiger partial charge in [-0.15, -0.1) is 0 Å². The molecule has 0 aromatic heterocycles. The fourth-order valence-corrected chi connectivity index (χ4v) is 6.56. The highest BCUT2D eigenvalue weighted by Crippen LogP contribution is 2.61. The second-order valence-corrected chi connectivity index (χ2v) is 11.2. The van der Waals surface area contributed by atoms with Gasteiger partial charge in [-0.05, 0) is 42.2 Å². The maximum Gasteiger partial charge on any atom is 0.119 e. The highest BCUT2D eigenvalue weighted by Gasteiger charge is 2.59. The zero-order valence-corrected chi connectivity index (χ0v) is 21.9. The van der Waals surface area contributed by atoms with Crippen molar-refractivity contribution in [1.82, 2.24) is 4.90 Å². The van der Waals surface area contributed by atoms with E-state index in [1.807, 2.05) is 0 Å². The predicted molar refractivity (Wildman–Crippen MR) is 151 cm³/mol. The summed E-state index contributed by atoms with van der Waals surface area (Å²) in [5, 5.41) is 0. The first kappa shape index (κ1) is 22.7. The summed E-state index contributed by atoms with van der Waals surface area (Å²) in [7, 11) is 0. The van der Waals surface area contributed by atoms with E-state index in [0.717, 1.165) is 0 Å². The van der Waals surface area contributed by atoms with Gasteiger partial charge >= 0.3 is 0 Å². The maximum atomic E-state index is 2.74. The van der Waals surface area contributed by atoms with Crippen molar-refractivity contribution in [2.45, 2.75) is 46.3 Å². The Balaban J connectivity index is 1.76. The topological polar surface area (TPSA) is 6.48 Å². The summed E-state index contributed by atoms with van der Waals surface area (Å²) in [6, 6.07) is 40.0. The van der Waals surface area contributed by atoms with Crippen molar-refractivity contribution < 1.29 is 0 Å². The molecule has 2 heteroatoms. The monoisotopic (exact) mass is 470 g/mol. The maximum absolute atomic E-state index is 2.74. The van der Waals surface area contributed by atoms with Crippen molar-refractivity contribution in [2.75, 3.05) is 4.90 Å². The summed E-state index contributed by atoms with van der Waals surface area (Å²) < 4.78 is 0. The third-order valence-corrected chi connectivity index (χ3v) is 7.90. The molecule has 2 aliphatic heterocycles. The summed E-state index contributed by atoms with van der Waals surface area (Å²) in [5.74, 6) is 0. The number of anilines is 1. The third-order valence-electron chi connectivity index (χ3n) is 7.90. The van der Waals surface area contributed by atoms with Crippen LogP contribution in [0.25, 0.3) is 5.70 Å². The Bertz CT molecular complexity index is 1400. The van der Waals surface area contributed by atoms with E-state index in [1.165, 1.54) is 44.9 Å². The van der Waals surface area contributed by atoms with Gasteiger partial charge in [0.15, 0.2) is 0 Å². The molecule has 0 fully saturated rings. The van der Waals surface area contributed by atoms with Crippen LogP contribution in [0.5, 0.6) is 0 Å². The minimum Gasteiger partial charge on any atom is -0.330 e. The van der Waals surface area contributed by atoms with Crippen molar-refractivity contribution in [2.24, 2.45) is 5.41 Å². The number of allylic oxidation sites excluding steroid dienone is 1. The lowest BCUT2D eigenvalue weighted by Crippen LogP contribution is -2.56. The van der Waals surface area contributed by atoms with Gasteiger partial charge in [-0.3, -0.25) is 0 Å². The minimum absolute atomic E-state index is 0.0395. The second-order valence-electron chi connectivity index (χ2n) is 11.2. The summed E-state index contributed by atoms with van der Waals surface area (Å²) in [6.07, 6.45) is 0.112. The van der Waals surface area contributed by atoms with Crippen LogP contribution >= 0.6 is 0 Å². The molecular weight excluding hydrogens is 436 g/mol. The Hall–Kier alpha value is -3.78. The molecule has 0 spiro atoms. The van der Waals surface area contributed by atoms with E-state index < -0.39 is 5.54 Å². The summed E-state index contributed by atoms with van der Waals surface area (Å²) in [5.41, 5.74) is 10.0. The van der Waals surface area contributed by atoms with E-state index in [-0.39, 0.29) is 11.6 Å². The minimum atomic E-state index is -0.439. The lowest BCUT2D eigenvalue weighted by Gasteiger charge is -2.50. The summed E-state index contributed by atoms with van der Waals surface area (Å²) in [4.78, 5) is 5.34. The number of fused-ring (bicyclic) bond motifs is 3. The zero-order valence-electron chi connectivity index (χ0n) is 21.9. The van der Waals surface area contributed by atoms with Crippen molar-refractivity contribution in [3.05, 3.63) is 143 Å². The number of rotatable bonds is 3. The van der Waals surface area contributed by atoms with Gasteiger partial charge < -0.3 is 9.80 Å². The summed E-state index contributed by atoms with van der Waals surface area (Å²) >= 11 is 0. The highest BCUT2D eigenvalue weighted by molar-refractivity contribution is 5.86. The molecule has 0 saturated carbocycles. The van der Waals surface area contributed by atoms with Gasteiger partial charge in [-0.25, -0.2) is 0 Å². The quantitative estimate of drug-likeness (QED) is 0.298. The summed E-state index contributed by atoms with van der Waals surface area (Å²) in [6.45, 7) is 11.7. The smallest absolute Gasteiger partial charge is 0.119 e. The molecule has 0 amide bonds. The Labute approximate surface area is 215 Å². The molecule has 0 bridgehead atoms. The van der Waals surface area contributed by atoms with E-state index in [9.17, 15) is 0 Å². The van der Waals surface area contributed by atoms with Gasteiger partial charge in [0.25, 0.3) is 0 Å². The van der Waals surface area contributed by atoms with Gasteiger partial charge in [0.1, 0.15) is 11.7 Å². The molecule has 180 valence electrons. The fraction of sp³-hybridized carbons (Fsp3) is 0.235. The predicted octanol–water partition coefficient (Wildman–Crippen LogP) is 8.18. The van der Waals surface area contributed by atoms with E-state index in [2.05, 4.69) is 154 Å². The van der Waals surface area contributed by atoms with Crippen LogP contribution in [0.2, 0.25) is 0 Å². The van der Waals surface area contributed by atoms with Crippen LogP contribution in [0.15, 0.2) is 115 Å². The molecular formula is C34H34N2. The zero-order chi connectivity index (χ0) is 25.1. The lowest BCUT2D eigenvalue weighted by atomic mass is 9.75. The van der Waals surface area contributed by atoms with E-state index >= 15 is 0 Å².